The largest absolute Gasteiger partial charge is 0.433 e. The minimum absolute atomic E-state index is 0.0239. The minimum Gasteiger partial charge on any atom is -0.273 e. The van der Waals surface area contributed by atoms with E-state index in [4.69, 9.17) is 0 Å². The van der Waals surface area contributed by atoms with E-state index in [2.05, 4.69) is 9.17 Å². The third kappa shape index (κ3) is 3.46. The molecule has 90 valence electrons. The van der Waals surface area contributed by atoms with Crippen molar-refractivity contribution < 1.29 is 25.8 Å². The zero-order valence-electron chi connectivity index (χ0n) is 8.15. The first kappa shape index (κ1) is 12.9. The van der Waals surface area contributed by atoms with Crippen molar-refractivity contribution in [3.8, 4) is 0 Å². The van der Waals surface area contributed by atoms with Gasteiger partial charge in [0.1, 0.15) is 11.4 Å². The molecule has 0 N–H and O–H groups in total. The molecule has 1 aromatic rings. The van der Waals surface area contributed by atoms with Crippen molar-refractivity contribution in [3.05, 3.63) is 29.6 Å². The van der Waals surface area contributed by atoms with Crippen LogP contribution in [0.2, 0.25) is 0 Å². The maximum Gasteiger partial charge on any atom is 0.433 e. The zero-order chi connectivity index (χ0) is 12.4. The Morgan fingerprint density at radius 3 is 2.56 bits per heavy atom. The number of nitrogens with zero attached hydrogens (tertiary/aromatic N) is 1. The van der Waals surface area contributed by atoms with E-state index in [9.17, 15) is 21.6 Å². The molecule has 0 saturated heterocycles. The van der Waals surface area contributed by atoms with Crippen LogP contribution in [0.15, 0.2) is 18.3 Å². The van der Waals surface area contributed by atoms with Gasteiger partial charge in [-0.1, -0.05) is 0 Å². The monoisotopic (exact) mass is 255 g/mol. The minimum atomic E-state index is -4.59. The van der Waals surface area contributed by atoms with Crippen molar-refractivity contribution in [3.63, 3.8) is 0 Å². The van der Waals surface area contributed by atoms with Crippen LogP contribution in [0.1, 0.15) is 11.3 Å². The summed E-state index contributed by atoms with van der Waals surface area (Å²) in [7, 11) is -2.88. The van der Waals surface area contributed by atoms with E-state index in [1.165, 1.54) is 6.07 Å². The highest BCUT2D eigenvalue weighted by Crippen LogP contribution is 2.28. The van der Waals surface area contributed by atoms with Gasteiger partial charge in [-0.25, -0.2) is 0 Å². The fourth-order valence-electron chi connectivity index (χ4n) is 0.982. The van der Waals surface area contributed by atoms with E-state index in [-0.39, 0.29) is 5.56 Å². The molecule has 0 spiro atoms. The molecule has 16 heavy (non-hydrogen) atoms. The zero-order valence-corrected chi connectivity index (χ0v) is 8.97. The molecular weight excluding hydrogens is 247 g/mol. The van der Waals surface area contributed by atoms with Crippen LogP contribution in [0.4, 0.5) is 13.2 Å². The van der Waals surface area contributed by atoms with Crippen LogP contribution in [0.25, 0.3) is 0 Å². The van der Waals surface area contributed by atoms with Crippen molar-refractivity contribution in [2.24, 2.45) is 0 Å². The van der Waals surface area contributed by atoms with Crippen molar-refractivity contribution >= 4 is 10.1 Å². The summed E-state index contributed by atoms with van der Waals surface area (Å²) in [6, 6.07) is 1.86. The van der Waals surface area contributed by atoms with E-state index in [1.54, 1.807) is 0 Å². The van der Waals surface area contributed by atoms with Crippen LogP contribution in [0.3, 0.4) is 0 Å². The highest BCUT2D eigenvalue weighted by atomic mass is 32.2. The van der Waals surface area contributed by atoms with Gasteiger partial charge in [0.15, 0.2) is 0 Å². The van der Waals surface area contributed by atoms with Crippen LogP contribution in [-0.2, 0) is 26.2 Å². The summed E-state index contributed by atoms with van der Waals surface area (Å²) in [5.74, 6) is -0.616. The Kier molecular flexibility index (Phi) is 3.54. The van der Waals surface area contributed by atoms with E-state index >= 15 is 0 Å². The third-order valence-corrected chi connectivity index (χ3v) is 2.91. The summed E-state index contributed by atoms with van der Waals surface area (Å²) in [4.78, 5) is 3.11. The fourth-order valence-corrected chi connectivity index (χ4v) is 1.69. The molecule has 4 nitrogen and oxygen atoms in total. The number of aromatic nitrogens is 1. The van der Waals surface area contributed by atoms with Crippen LogP contribution < -0.4 is 0 Å². The molecule has 0 atom stereocenters. The maximum absolute atomic E-state index is 12.2. The number of alkyl halides is 3. The summed E-state index contributed by atoms with van der Waals surface area (Å²) in [5, 5.41) is 0. The van der Waals surface area contributed by atoms with E-state index in [0.717, 1.165) is 13.3 Å². The molecule has 0 aliphatic carbocycles. The smallest absolute Gasteiger partial charge is 0.273 e. The molecule has 1 heterocycles. The van der Waals surface area contributed by atoms with Gasteiger partial charge in [-0.15, -0.1) is 0 Å². The lowest BCUT2D eigenvalue weighted by molar-refractivity contribution is -0.141. The van der Waals surface area contributed by atoms with Crippen molar-refractivity contribution in [2.45, 2.75) is 11.9 Å². The molecule has 0 bridgehead atoms. The quantitative estimate of drug-likeness (QED) is 0.769. The summed E-state index contributed by atoms with van der Waals surface area (Å²) >= 11 is 0. The van der Waals surface area contributed by atoms with Gasteiger partial charge in [0.05, 0.1) is 7.11 Å². The van der Waals surface area contributed by atoms with Crippen LogP contribution >= 0.6 is 0 Å². The average molecular weight is 255 g/mol. The Morgan fingerprint density at radius 1 is 1.44 bits per heavy atom. The van der Waals surface area contributed by atoms with Crippen LogP contribution in [-0.4, -0.2) is 20.5 Å². The van der Waals surface area contributed by atoms with Crippen molar-refractivity contribution in [1.82, 2.24) is 4.98 Å². The SMILES string of the molecule is COS(=O)(=O)Cc1ccnc(C(F)(F)F)c1. The second kappa shape index (κ2) is 4.38. The summed E-state index contributed by atoms with van der Waals surface area (Å²) in [6.07, 6.45) is -3.68. The van der Waals surface area contributed by atoms with Gasteiger partial charge in [0.25, 0.3) is 10.1 Å². The number of pyridine rings is 1. The highest BCUT2D eigenvalue weighted by molar-refractivity contribution is 7.85. The Morgan fingerprint density at radius 2 is 2.06 bits per heavy atom. The number of halogens is 3. The molecule has 0 aliphatic heterocycles. The van der Waals surface area contributed by atoms with Gasteiger partial charge in [0.2, 0.25) is 0 Å². The van der Waals surface area contributed by atoms with Gasteiger partial charge in [0, 0.05) is 6.20 Å². The first-order valence-corrected chi connectivity index (χ1v) is 5.63. The lowest BCUT2D eigenvalue weighted by atomic mass is 10.2. The fraction of sp³-hybridized carbons (Fsp3) is 0.375. The van der Waals surface area contributed by atoms with Crippen molar-refractivity contribution in [2.75, 3.05) is 7.11 Å². The van der Waals surface area contributed by atoms with Crippen molar-refractivity contribution in [1.29, 1.82) is 0 Å². The lowest BCUT2D eigenvalue weighted by Crippen LogP contribution is -2.10. The van der Waals surface area contributed by atoms with E-state index in [1.807, 2.05) is 0 Å². The molecule has 0 aliphatic rings. The molecule has 0 unspecified atom stereocenters. The number of hydrogen-bond acceptors (Lipinski definition) is 4. The molecule has 1 rings (SSSR count). The second-order valence-corrected chi connectivity index (χ2v) is 4.65. The van der Waals surface area contributed by atoms with Crippen LogP contribution in [0.5, 0.6) is 0 Å². The Hall–Kier alpha value is -1.15. The summed E-state index contributed by atoms with van der Waals surface area (Å²) in [6.45, 7) is 0. The number of hydrogen-bond donors (Lipinski definition) is 0. The normalized spacial score (nSPS) is 12.8. The molecule has 0 saturated carbocycles. The Bertz CT molecular complexity index is 470. The summed E-state index contributed by atoms with van der Waals surface area (Å²) in [5.41, 5.74) is -1.15. The molecule has 0 fully saturated rings. The lowest BCUT2D eigenvalue weighted by Gasteiger charge is -2.07. The predicted molar refractivity (Wildman–Crippen MR) is 48.9 cm³/mol. The van der Waals surface area contributed by atoms with Gasteiger partial charge >= 0.3 is 6.18 Å². The maximum atomic E-state index is 12.2. The standard InChI is InChI=1S/C8H8F3NO3S/c1-15-16(13,14)5-6-2-3-12-7(4-6)8(9,10)11/h2-4H,5H2,1H3. The van der Waals surface area contributed by atoms with Gasteiger partial charge < -0.3 is 0 Å². The molecule has 0 aromatic carbocycles. The molecule has 8 heteroatoms. The van der Waals surface area contributed by atoms with Gasteiger partial charge in [-0.3, -0.25) is 9.17 Å². The summed E-state index contributed by atoms with van der Waals surface area (Å²) < 4.78 is 62.9. The number of rotatable bonds is 3. The second-order valence-electron chi connectivity index (χ2n) is 2.92. The molecular formula is C8H8F3NO3S. The van der Waals surface area contributed by atoms with Gasteiger partial charge in [-0.05, 0) is 17.7 Å². The first-order valence-electron chi connectivity index (χ1n) is 4.05. The Balaban J connectivity index is 3.01. The third-order valence-electron chi connectivity index (χ3n) is 1.71. The molecule has 0 amide bonds. The Labute approximate surface area is 90.2 Å². The molecule has 0 radical (unpaired) electrons. The predicted octanol–water partition coefficient (Wildman–Crippen LogP) is 1.58. The van der Waals surface area contributed by atoms with Crippen LogP contribution in [0, 0.1) is 0 Å². The average Bonchev–Trinajstić information content (AvgIpc) is 2.16. The molecule has 1 aromatic heterocycles. The highest BCUT2D eigenvalue weighted by Gasteiger charge is 2.32. The van der Waals surface area contributed by atoms with E-state index in [0.29, 0.717) is 6.07 Å². The van der Waals surface area contributed by atoms with Gasteiger partial charge in [-0.2, -0.15) is 21.6 Å². The first-order chi connectivity index (χ1) is 7.24. The topological polar surface area (TPSA) is 56.3 Å². The van der Waals surface area contributed by atoms with E-state index < -0.39 is 27.7 Å².